The van der Waals surface area contributed by atoms with Gasteiger partial charge in [0.1, 0.15) is 0 Å². The maximum Gasteiger partial charge on any atom is 0.212 e. The number of halogens is 3. The van der Waals surface area contributed by atoms with Gasteiger partial charge in [-0.1, -0.05) is 11.6 Å². The zero-order valence-corrected chi connectivity index (χ0v) is 8.96. The fraction of sp³-hybridized carbons (Fsp3) is 0. The Morgan fingerprint density at radius 3 is 2.27 bits per heavy atom. The number of allylic oxidation sites excluding steroid dienone is 4. The molecule has 0 atom stereocenters. The highest BCUT2D eigenvalue weighted by Gasteiger charge is 2.23. The highest BCUT2D eigenvalue weighted by Crippen LogP contribution is 2.28. The van der Waals surface area contributed by atoms with Crippen LogP contribution in [0.4, 0.5) is 0 Å². The average Bonchev–Trinajstić information content (AvgIpc) is 1.97. The number of carbonyl (C=O) groups excluding carboxylic acids is 2. The molecule has 0 unspecified atom stereocenters. The minimum Gasteiger partial charge on any atom is -0.289 e. The molecular formula is C6HBr2ClO2. The Morgan fingerprint density at radius 2 is 1.73 bits per heavy atom. The Bertz CT molecular complexity index is 304. The van der Waals surface area contributed by atoms with Crippen molar-refractivity contribution < 1.29 is 9.59 Å². The van der Waals surface area contributed by atoms with Crippen LogP contribution in [0.5, 0.6) is 0 Å². The van der Waals surface area contributed by atoms with Gasteiger partial charge < -0.3 is 0 Å². The van der Waals surface area contributed by atoms with Crippen molar-refractivity contribution >= 4 is 55.0 Å². The predicted molar refractivity (Wildman–Crippen MR) is 48.8 cm³/mol. The molecule has 0 N–H and O–H groups in total. The van der Waals surface area contributed by atoms with Crippen molar-refractivity contribution in [1.29, 1.82) is 0 Å². The van der Waals surface area contributed by atoms with E-state index in [1.807, 2.05) is 0 Å². The van der Waals surface area contributed by atoms with Crippen LogP contribution in [0.15, 0.2) is 20.1 Å². The van der Waals surface area contributed by atoms with Crippen LogP contribution in [0.25, 0.3) is 0 Å². The van der Waals surface area contributed by atoms with Crippen LogP contribution in [0.3, 0.4) is 0 Å². The lowest BCUT2D eigenvalue weighted by atomic mass is 10.2. The summed E-state index contributed by atoms with van der Waals surface area (Å²) in [5, 5.41) is -0.0647. The van der Waals surface area contributed by atoms with Crippen molar-refractivity contribution in [3.8, 4) is 0 Å². The number of hydrogen-bond acceptors (Lipinski definition) is 2. The highest BCUT2D eigenvalue weighted by atomic mass is 79.9. The van der Waals surface area contributed by atoms with Crippen molar-refractivity contribution in [3.05, 3.63) is 20.1 Å². The molecule has 0 fully saturated rings. The van der Waals surface area contributed by atoms with Crippen LogP contribution in [0.2, 0.25) is 0 Å². The van der Waals surface area contributed by atoms with E-state index in [-0.39, 0.29) is 25.6 Å². The number of carbonyl (C=O) groups is 2. The van der Waals surface area contributed by atoms with Gasteiger partial charge in [0.05, 0.1) is 14.0 Å². The summed E-state index contributed by atoms with van der Waals surface area (Å²) in [5.74, 6) is -0.681. The van der Waals surface area contributed by atoms with Crippen LogP contribution in [0.1, 0.15) is 0 Å². The smallest absolute Gasteiger partial charge is 0.212 e. The van der Waals surface area contributed by atoms with E-state index in [2.05, 4.69) is 31.9 Å². The van der Waals surface area contributed by atoms with E-state index in [1.165, 1.54) is 0 Å². The van der Waals surface area contributed by atoms with Crippen molar-refractivity contribution in [3.63, 3.8) is 0 Å². The van der Waals surface area contributed by atoms with Crippen molar-refractivity contribution in [1.82, 2.24) is 0 Å². The van der Waals surface area contributed by atoms with E-state index < -0.39 is 0 Å². The third-order valence-corrected chi connectivity index (χ3v) is 3.44. The maximum atomic E-state index is 11.0. The Morgan fingerprint density at radius 1 is 1.18 bits per heavy atom. The van der Waals surface area contributed by atoms with Crippen LogP contribution in [-0.4, -0.2) is 11.6 Å². The van der Waals surface area contributed by atoms with Crippen LogP contribution < -0.4 is 0 Å². The number of rotatable bonds is 0. The predicted octanol–water partition coefficient (Wildman–Crippen LogP) is 2.26. The number of hydrogen-bond donors (Lipinski definition) is 0. The summed E-state index contributed by atoms with van der Waals surface area (Å²) in [6, 6.07) is 0. The third kappa shape index (κ3) is 1.63. The molecule has 0 amide bonds. The molecule has 0 aromatic rings. The second-order valence-corrected chi connectivity index (χ2v) is 3.81. The molecule has 0 aromatic heterocycles. The summed E-state index contributed by atoms with van der Waals surface area (Å²) >= 11 is 11.3. The molecule has 5 heteroatoms. The molecule has 0 radical (unpaired) electrons. The minimum atomic E-state index is -0.377. The molecule has 1 aliphatic carbocycles. The van der Waals surface area contributed by atoms with Crippen molar-refractivity contribution in [2.24, 2.45) is 0 Å². The van der Waals surface area contributed by atoms with E-state index in [1.54, 1.807) is 0 Å². The van der Waals surface area contributed by atoms with E-state index >= 15 is 0 Å². The van der Waals surface area contributed by atoms with E-state index in [4.69, 9.17) is 11.6 Å². The van der Waals surface area contributed by atoms with Gasteiger partial charge in [-0.3, -0.25) is 9.59 Å². The van der Waals surface area contributed by atoms with Crippen molar-refractivity contribution in [2.45, 2.75) is 0 Å². The van der Waals surface area contributed by atoms with Gasteiger partial charge in [-0.15, -0.1) is 0 Å². The molecular weight excluding hydrogens is 299 g/mol. The summed E-state index contributed by atoms with van der Waals surface area (Å²) in [4.78, 5) is 21.9. The van der Waals surface area contributed by atoms with Gasteiger partial charge >= 0.3 is 0 Å². The number of ketones is 2. The summed E-state index contributed by atoms with van der Waals surface area (Å²) in [6.07, 6.45) is 1.08. The quantitative estimate of drug-likeness (QED) is 0.643. The van der Waals surface area contributed by atoms with Crippen LogP contribution >= 0.6 is 43.5 Å². The largest absolute Gasteiger partial charge is 0.289 e. The molecule has 0 aliphatic heterocycles. The van der Waals surface area contributed by atoms with Gasteiger partial charge in [-0.25, -0.2) is 0 Å². The molecule has 0 aromatic carbocycles. The monoisotopic (exact) mass is 298 g/mol. The molecule has 1 rings (SSSR count). The first kappa shape index (κ1) is 9.16. The van der Waals surface area contributed by atoms with Gasteiger partial charge in [0.25, 0.3) is 0 Å². The van der Waals surface area contributed by atoms with Crippen LogP contribution in [-0.2, 0) is 9.59 Å². The van der Waals surface area contributed by atoms with Gasteiger partial charge in [-0.2, -0.15) is 0 Å². The SMILES string of the molecule is O=C1C=C(Cl)C(=O)C(Br)=C1Br. The molecule has 58 valence electrons. The van der Waals surface area contributed by atoms with Gasteiger partial charge in [0.2, 0.25) is 5.78 Å². The Hall–Kier alpha value is 0.0700. The molecule has 2 nitrogen and oxygen atoms in total. The fourth-order valence-electron chi connectivity index (χ4n) is 0.557. The Balaban J connectivity index is 3.19. The average molecular weight is 300 g/mol. The zero-order chi connectivity index (χ0) is 8.59. The molecule has 1 aliphatic rings. The molecule has 0 saturated heterocycles. The normalized spacial score (nSPS) is 19.0. The second kappa shape index (κ2) is 3.21. The van der Waals surface area contributed by atoms with Gasteiger partial charge in [0.15, 0.2) is 5.78 Å². The zero-order valence-electron chi connectivity index (χ0n) is 5.03. The summed E-state index contributed by atoms with van der Waals surface area (Å²) in [6.45, 7) is 0. The minimum absolute atomic E-state index is 0.0647. The molecule has 0 heterocycles. The van der Waals surface area contributed by atoms with Crippen LogP contribution in [0, 0.1) is 0 Å². The van der Waals surface area contributed by atoms with Gasteiger partial charge in [-0.05, 0) is 31.9 Å². The van der Waals surface area contributed by atoms with Crippen molar-refractivity contribution in [2.75, 3.05) is 0 Å². The first-order valence-electron chi connectivity index (χ1n) is 2.55. The van der Waals surface area contributed by atoms with E-state index in [9.17, 15) is 9.59 Å². The first-order valence-corrected chi connectivity index (χ1v) is 4.52. The van der Waals surface area contributed by atoms with E-state index in [0.29, 0.717) is 0 Å². The molecule has 0 saturated carbocycles. The Kier molecular flexibility index (Phi) is 2.67. The Labute approximate surface area is 84.5 Å². The summed E-state index contributed by atoms with van der Waals surface area (Å²) < 4.78 is 0.391. The maximum absolute atomic E-state index is 11.0. The van der Waals surface area contributed by atoms with Gasteiger partial charge in [0, 0.05) is 6.08 Å². The first-order chi connectivity index (χ1) is 5.04. The summed E-state index contributed by atoms with van der Waals surface area (Å²) in [5.41, 5.74) is 0. The lowest BCUT2D eigenvalue weighted by Gasteiger charge is -2.05. The standard InChI is InChI=1S/C6HBr2ClO2/c7-4-3(10)1-2(9)6(11)5(4)8/h1H. The number of Topliss-reactive ketones (excluding diaryl/α,β-unsaturated/α-hetero) is 1. The topological polar surface area (TPSA) is 34.1 Å². The lowest BCUT2D eigenvalue weighted by molar-refractivity contribution is -0.114. The van der Waals surface area contributed by atoms with E-state index in [0.717, 1.165) is 6.08 Å². The third-order valence-electron chi connectivity index (χ3n) is 1.08. The fourth-order valence-corrected chi connectivity index (χ4v) is 1.57. The highest BCUT2D eigenvalue weighted by molar-refractivity contribution is 9.14. The lowest BCUT2D eigenvalue weighted by Crippen LogP contribution is -2.10. The molecule has 0 spiro atoms. The second-order valence-electron chi connectivity index (χ2n) is 1.81. The molecule has 11 heavy (non-hydrogen) atoms. The summed E-state index contributed by atoms with van der Waals surface area (Å²) in [7, 11) is 0. The molecule has 0 bridgehead atoms.